The number of rotatable bonds is 4. The molecular weight excluding hydrogens is 317 g/mol. The van der Waals surface area contributed by atoms with Gasteiger partial charge in [-0.25, -0.2) is 0 Å². The van der Waals surface area contributed by atoms with E-state index >= 15 is 0 Å². The molecule has 2 unspecified atom stereocenters. The average molecular weight is 339 g/mol. The summed E-state index contributed by atoms with van der Waals surface area (Å²) in [4.78, 5) is 2.30. The van der Waals surface area contributed by atoms with Gasteiger partial charge in [0.2, 0.25) is 0 Å². The van der Waals surface area contributed by atoms with Gasteiger partial charge in [0.1, 0.15) is 5.75 Å². The summed E-state index contributed by atoms with van der Waals surface area (Å²) in [6.45, 7) is 4.70. The molecule has 2 rings (SSSR count). The minimum absolute atomic E-state index is 0. The van der Waals surface area contributed by atoms with Crippen molar-refractivity contribution in [3.8, 4) is 5.75 Å². The Labute approximate surface area is 135 Å². The van der Waals surface area contributed by atoms with Gasteiger partial charge in [-0.1, -0.05) is 12.1 Å². The number of hydrogen-bond donors (Lipinski definition) is 1. The molecule has 0 saturated carbocycles. The zero-order valence-corrected chi connectivity index (χ0v) is 13.3. The van der Waals surface area contributed by atoms with Crippen molar-refractivity contribution in [2.24, 2.45) is 11.7 Å². The van der Waals surface area contributed by atoms with Crippen molar-refractivity contribution >= 4 is 12.4 Å². The Morgan fingerprint density at radius 1 is 1.32 bits per heavy atom. The van der Waals surface area contributed by atoms with Gasteiger partial charge in [0.05, 0.1) is 0 Å². The van der Waals surface area contributed by atoms with Crippen molar-refractivity contribution in [3.05, 3.63) is 29.8 Å². The predicted molar refractivity (Wildman–Crippen MR) is 82.0 cm³/mol. The Balaban J connectivity index is 0.00000242. The van der Waals surface area contributed by atoms with Crippen molar-refractivity contribution < 1.29 is 17.9 Å². The highest BCUT2D eigenvalue weighted by atomic mass is 35.5. The highest BCUT2D eigenvalue weighted by Crippen LogP contribution is 2.24. The molecule has 1 saturated heterocycles. The van der Waals surface area contributed by atoms with Crippen LogP contribution in [0.3, 0.4) is 0 Å². The van der Waals surface area contributed by atoms with Crippen LogP contribution in [0.4, 0.5) is 13.2 Å². The number of nitrogens with two attached hydrogens (primary N) is 1. The van der Waals surface area contributed by atoms with E-state index in [0.29, 0.717) is 5.92 Å². The second kappa shape index (κ2) is 8.04. The third kappa shape index (κ3) is 6.02. The minimum Gasteiger partial charge on any atom is -0.406 e. The molecular formula is C15H22ClF3N2O. The van der Waals surface area contributed by atoms with Gasteiger partial charge in [-0.05, 0) is 49.9 Å². The standard InChI is InChI=1S/C15H21F3N2O.ClH/c1-11(19)13-3-2-8-20(10-13)9-12-4-6-14(7-5-12)21-15(16,17)18;/h4-7,11,13H,2-3,8-10,19H2,1H3;1H. The first-order valence-corrected chi connectivity index (χ1v) is 7.16. The first kappa shape index (κ1) is 19.1. The van der Waals surface area contributed by atoms with E-state index < -0.39 is 6.36 Å². The molecule has 0 bridgehead atoms. The quantitative estimate of drug-likeness (QED) is 0.912. The summed E-state index contributed by atoms with van der Waals surface area (Å²) in [5.74, 6) is 0.310. The minimum atomic E-state index is -4.64. The number of piperidine rings is 1. The summed E-state index contributed by atoms with van der Waals surface area (Å²) < 4.78 is 40.1. The summed E-state index contributed by atoms with van der Waals surface area (Å²) in [6, 6.07) is 6.24. The van der Waals surface area contributed by atoms with Gasteiger partial charge in [-0.15, -0.1) is 25.6 Å². The molecule has 1 aliphatic rings. The van der Waals surface area contributed by atoms with E-state index in [1.807, 2.05) is 6.92 Å². The molecule has 2 atom stereocenters. The van der Waals surface area contributed by atoms with E-state index in [1.165, 1.54) is 12.1 Å². The molecule has 1 aliphatic heterocycles. The van der Waals surface area contributed by atoms with Gasteiger partial charge in [-0.3, -0.25) is 4.90 Å². The van der Waals surface area contributed by atoms with Crippen LogP contribution in [-0.2, 0) is 6.54 Å². The van der Waals surface area contributed by atoms with Crippen molar-refractivity contribution in [1.29, 1.82) is 0 Å². The maximum atomic E-state index is 12.1. The van der Waals surface area contributed by atoms with Crippen molar-refractivity contribution in [3.63, 3.8) is 0 Å². The summed E-state index contributed by atoms with van der Waals surface area (Å²) in [5.41, 5.74) is 6.93. The zero-order chi connectivity index (χ0) is 15.5. The van der Waals surface area contributed by atoms with E-state index in [4.69, 9.17) is 5.73 Å². The third-order valence-corrected chi connectivity index (χ3v) is 3.85. The number of ether oxygens (including phenoxy) is 1. The Morgan fingerprint density at radius 3 is 2.50 bits per heavy atom. The van der Waals surface area contributed by atoms with Gasteiger partial charge >= 0.3 is 6.36 Å². The Morgan fingerprint density at radius 2 is 1.95 bits per heavy atom. The highest BCUT2D eigenvalue weighted by molar-refractivity contribution is 5.85. The smallest absolute Gasteiger partial charge is 0.406 e. The number of hydrogen-bond acceptors (Lipinski definition) is 3. The van der Waals surface area contributed by atoms with Crippen LogP contribution in [-0.4, -0.2) is 30.4 Å². The SMILES string of the molecule is CC(N)C1CCCN(Cc2ccc(OC(F)(F)F)cc2)C1.Cl. The number of benzene rings is 1. The van der Waals surface area contributed by atoms with Crippen molar-refractivity contribution in [2.75, 3.05) is 13.1 Å². The Hall–Kier alpha value is -0.980. The van der Waals surface area contributed by atoms with Crippen molar-refractivity contribution in [1.82, 2.24) is 4.90 Å². The molecule has 0 amide bonds. The van der Waals surface area contributed by atoms with E-state index in [2.05, 4.69) is 9.64 Å². The fraction of sp³-hybridized carbons (Fsp3) is 0.600. The normalized spacial score (nSPS) is 21.0. The third-order valence-electron chi connectivity index (χ3n) is 3.85. The second-order valence-electron chi connectivity index (χ2n) is 5.69. The molecule has 126 valence electrons. The Bertz CT molecular complexity index is 451. The van der Waals surface area contributed by atoms with Gasteiger partial charge in [0.25, 0.3) is 0 Å². The average Bonchev–Trinajstić information content (AvgIpc) is 2.40. The molecule has 0 aliphatic carbocycles. The molecule has 3 nitrogen and oxygen atoms in total. The largest absolute Gasteiger partial charge is 0.573 e. The maximum Gasteiger partial charge on any atom is 0.573 e. The van der Waals surface area contributed by atoms with Crippen LogP contribution in [0.15, 0.2) is 24.3 Å². The van der Waals surface area contributed by atoms with E-state index in [1.54, 1.807) is 12.1 Å². The molecule has 0 aromatic heterocycles. The van der Waals surface area contributed by atoms with Gasteiger partial charge < -0.3 is 10.5 Å². The lowest BCUT2D eigenvalue weighted by Gasteiger charge is -2.34. The maximum absolute atomic E-state index is 12.1. The molecule has 1 aromatic rings. The van der Waals surface area contributed by atoms with Crippen LogP contribution in [0.25, 0.3) is 0 Å². The lowest BCUT2D eigenvalue weighted by molar-refractivity contribution is -0.274. The highest BCUT2D eigenvalue weighted by Gasteiger charge is 2.31. The summed E-state index contributed by atoms with van der Waals surface area (Å²) in [7, 11) is 0. The topological polar surface area (TPSA) is 38.5 Å². The van der Waals surface area contributed by atoms with Crippen LogP contribution < -0.4 is 10.5 Å². The number of halogens is 4. The molecule has 22 heavy (non-hydrogen) atoms. The number of likely N-dealkylation sites (tertiary alicyclic amines) is 1. The monoisotopic (exact) mass is 338 g/mol. The molecule has 2 N–H and O–H groups in total. The molecule has 0 radical (unpaired) electrons. The first-order chi connectivity index (χ1) is 9.83. The first-order valence-electron chi connectivity index (χ1n) is 7.16. The summed E-state index contributed by atoms with van der Waals surface area (Å²) in [6.07, 6.45) is -2.38. The molecule has 1 heterocycles. The van der Waals surface area contributed by atoms with Gasteiger partial charge in [-0.2, -0.15) is 0 Å². The van der Waals surface area contributed by atoms with E-state index in [-0.39, 0.29) is 24.2 Å². The van der Waals surface area contributed by atoms with Gasteiger partial charge in [0.15, 0.2) is 0 Å². The number of alkyl halides is 3. The molecule has 7 heteroatoms. The fourth-order valence-electron chi connectivity index (χ4n) is 2.72. The molecule has 1 fully saturated rings. The van der Waals surface area contributed by atoms with Crippen LogP contribution in [0.1, 0.15) is 25.3 Å². The predicted octanol–water partition coefficient (Wildman–Crippen LogP) is 3.57. The zero-order valence-electron chi connectivity index (χ0n) is 12.5. The molecule has 1 aromatic carbocycles. The van der Waals surface area contributed by atoms with Crippen LogP contribution in [0, 0.1) is 5.92 Å². The Kier molecular flexibility index (Phi) is 6.97. The van der Waals surface area contributed by atoms with E-state index in [0.717, 1.165) is 38.0 Å². The van der Waals surface area contributed by atoms with Crippen LogP contribution >= 0.6 is 12.4 Å². The lowest BCUT2D eigenvalue weighted by Crippen LogP contribution is -2.41. The molecule has 0 spiro atoms. The van der Waals surface area contributed by atoms with E-state index in [9.17, 15) is 13.2 Å². The van der Waals surface area contributed by atoms with Crippen molar-refractivity contribution in [2.45, 2.75) is 38.7 Å². The van der Waals surface area contributed by atoms with Crippen LogP contribution in [0.2, 0.25) is 0 Å². The fourth-order valence-corrected chi connectivity index (χ4v) is 2.72. The van der Waals surface area contributed by atoms with Gasteiger partial charge in [0, 0.05) is 19.1 Å². The van der Waals surface area contributed by atoms with Crippen LogP contribution in [0.5, 0.6) is 5.75 Å². The lowest BCUT2D eigenvalue weighted by atomic mass is 9.92. The summed E-state index contributed by atoms with van der Waals surface area (Å²) >= 11 is 0. The second-order valence-corrected chi connectivity index (χ2v) is 5.69. The number of nitrogens with zero attached hydrogens (tertiary/aromatic N) is 1. The summed E-state index contributed by atoms with van der Waals surface area (Å²) in [5, 5.41) is 0.